The number of carbonyl (C=O) groups excluding carboxylic acids is 2. The van der Waals surface area contributed by atoms with Gasteiger partial charge >= 0.3 is 5.97 Å². The van der Waals surface area contributed by atoms with Crippen molar-refractivity contribution in [3.05, 3.63) is 35.7 Å². The molecule has 0 radical (unpaired) electrons. The minimum Gasteiger partial charge on any atom is -0.424 e. The lowest BCUT2D eigenvalue weighted by Gasteiger charge is -2.31. The van der Waals surface area contributed by atoms with Crippen LogP contribution in [0.25, 0.3) is 0 Å². The Kier molecular flexibility index (Phi) is 7.36. The number of anilines is 2. The van der Waals surface area contributed by atoms with Gasteiger partial charge in [0.1, 0.15) is 11.4 Å². The Morgan fingerprint density at radius 2 is 1.87 bits per heavy atom. The van der Waals surface area contributed by atoms with Gasteiger partial charge in [0.15, 0.2) is 5.75 Å². The first-order valence-electron chi connectivity index (χ1n) is 11.0. The van der Waals surface area contributed by atoms with Gasteiger partial charge in [-0.05, 0) is 43.7 Å². The van der Waals surface area contributed by atoms with Gasteiger partial charge in [0.2, 0.25) is 5.91 Å². The zero-order chi connectivity index (χ0) is 22.5. The summed E-state index contributed by atoms with van der Waals surface area (Å²) in [5, 5.41) is 6.82. The van der Waals surface area contributed by atoms with Crippen LogP contribution in [-0.2, 0) is 16.0 Å². The van der Waals surface area contributed by atoms with E-state index in [4.69, 9.17) is 9.26 Å². The van der Waals surface area contributed by atoms with E-state index in [0.29, 0.717) is 29.0 Å². The standard InChI is InChI=1S/C24H33N3O4/c1-15(2)13-27(14-16(3)4)20-7-6-8-21(30-24(29)18-9-10-18)23(20)25-22(28)12-19-11-17(5)26-31-19/h6-8,11,15-16,18H,9-10,12-14H2,1-5H3,(H,25,28). The molecular formula is C24H33N3O4. The highest BCUT2D eigenvalue weighted by molar-refractivity contribution is 5.98. The summed E-state index contributed by atoms with van der Waals surface area (Å²) in [6.45, 7) is 12.1. The fourth-order valence-electron chi connectivity index (χ4n) is 3.50. The molecule has 1 aromatic carbocycles. The molecule has 1 amide bonds. The number of aryl methyl sites for hydroxylation is 1. The van der Waals surface area contributed by atoms with Gasteiger partial charge < -0.3 is 19.5 Å². The molecule has 0 saturated heterocycles. The molecular weight excluding hydrogens is 394 g/mol. The number of benzene rings is 1. The van der Waals surface area contributed by atoms with E-state index in [1.165, 1.54) is 0 Å². The Morgan fingerprint density at radius 1 is 1.19 bits per heavy atom. The van der Waals surface area contributed by atoms with Crippen LogP contribution in [0.1, 0.15) is 52.0 Å². The van der Waals surface area contributed by atoms with Crippen molar-refractivity contribution < 1.29 is 18.8 Å². The molecule has 3 rings (SSSR count). The quantitative estimate of drug-likeness (QED) is 0.441. The van der Waals surface area contributed by atoms with Crippen LogP contribution < -0.4 is 15.0 Å². The second kappa shape index (κ2) is 9.98. The maximum absolute atomic E-state index is 12.8. The van der Waals surface area contributed by atoms with E-state index in [9.17, 15) is 9.59 Å². The van der Waals surface area contributed by atoms with E-state index in [-0.39, 0.29) is 24.2 Å². The summed E-state index contributed by atoms with van der Waals surface area (Å²) < 4.78 is 10.9. The van der Waals surface area contributed by atoms with Gasteiger partial charge in [-0.15, -0.1) is 0 Å². The number of ether oxygens (including phenoxy) is 1. The van der Waals surface area contributed by atoms with Crippen LogP contribution in [0.15, 0.2) is 28.8 Å². The van der Waals surface area contributed by atoms with Gasteiger partial charge in [0.25, 0.3) is 0 Å². The van der Waals surface area contributed by atoms with Crippen molar-refractivity contribution in [1.29, 1.82) is 0 Å². The molecule has 0 unspecified atom stereocenters. The average molecular weight is 428 g/mol. The molecule has 1 saturated carbocycles. The highest BCUT2D eigenvalue weighted by Crippen LogP contribution is 2.38. The Labute approximate surface area is 184 Å². The number of hydrogen-bond donors (Lipinski definition) is 1. The minimum absolute atomic E-state index is 0.0354. The van der Waals surface area contributed by atoms with Crippen LogP contribution in [0.4, 0.5) is 11.4 Å². The number of nitrogens with zero attached hydrogens (tertiary/aromatic N) is 2. The van der Waals surface area contributed by atoms with Crippen LogP contribution in [0, 0.1) is 24.7 Å². The van der Waals surface area contributed by atoms with Gasteiger partial charge in [-0.1, -0.05) is 38.9 Å². The fourth-order valence-corrected chi connectivity index (χ4v) is 3.50. The Morgan fingerprint density at radius 3 is 2.42 bits per heavy atom. The maximum atomic E-state index is 12.8. The number of nitrogens with one attached hydrogen (secondary N) is 1. The first-order valence-corrected chi connectivity index (χ1v) is 11.0. The number of carbonyl (C=O) groups is 2. The fraction of sp³-hybridized carbons (Fsp3) is 0.542. The van der Waals surface area contributed by atoms with Gasteiger partial charge in [-0.25, -0.2) is 0 Å². The molecule has 0 bridgehead atoms. The maximum Gasteiger partial charge on any atom is 0.314 e. The van der Waals surface area contributed by atoms with Crippen molar-refractivity contribution in [1.82, 2.24) is 5.16 Å². The van der Waals surface area contributed by atoms with Crippen molar-refractivity contribution in [3.8, 4) is 5.75 Å². The largest absolute Gasteiger partial charge is 0.424 e. The van der Waals surface area contributed by atoms with Gasteiger partial charge in [0.05, 0.1) is 23.7 Å². The summed E-state index contributed by atoms with van der Waals surface area (Å²) in [5.41, 5.74) is 2.10. The van der Waals surface area contributed by atoms with Gasteiger partial charge in [-0.3, -0.25) is 9.59 Å². The lowest BCUT2D eigenvalue weighted by atomic mass is 10.1. The number of rotatable bonds is 10. The molecule has 0 atom stereocenters. The van der Waals surface area contributed by atoms with Crippen LogP contribution in [0.3, 0.4) is 0 Å². The van der Waals surface area contributed by atoms with Crippen LogP contribution in [-0.4, -0.2) is 30.1 Å². The van der Waals surface area contributed by atoms with E-state index in [1.54, 1.807) is 12.1 Å². The van der Waals surface area contributed by atoms with E-state index < -0.39 is 0 Å². The molecule has 0 spiro atoms. The zero-order valence-corrected chi connectivity index (χ0v) is 19.1. The van der Waals surface area contributed by atoms with Gasteiger partial charge in [0, 0.05) is 19.2 Å². The normalized spacial score (nSPS) is 13.5. The lowest BCUT2D eigenvalue weighted by Crippen LogP contribution is -2.32. The molecule has 0 aliphatic heterocycles. The van der Waals surface area contributed by atoms with Gasteiger partial charge in [-0.2, -0.15) is 0 Å². The number of aromatic nitrogens is 1. The predicted octanol–water partition coefficient (Wildman–Crippen LogP) is 4.60. The molecule has 1 aliphatic carbocycles. The first-order chi connectivity index (χ1) is 14.7. The molecule has 1 N–H and O–H groups in total. The summed E-state index contributed by atoms with van der Waals surface area (Å²) in [5.74, 6) is 1.21. The smallest absolute Gasteiger partial charge is 0.314 e. The van der Waals surface area contributed by atoms with Crippen LogP contribution in [0.5, 0.6) is 5.75 Å². The van der Waals surface area contributed by atoms with E-state index in [2.05, 4.69) is 43.1 Å². The minimum atomic E-state index is -0.249. The summed E-state index contributed by atoms with van der Waals surface area (Å²) in [7, 11) is 0. The Bertz CT molecular complexity index is 905. The third-order valence-electron chi connectivity index (χ3n) is 4.91. The van der Waals surface area contributed by atoms with E-state index in [1.807, 2.05) is 19.1 Å². The molecule has 1 aliphatic rings. The van der Waals surface area contributed by atoms with Crippen LogP contribution >= 0.6 is 0 Å². The predicted molar refractivity (Wildman–Crippen MR) is 120 cm³/mol. The second-order valence-electron chi connectivity index (χ2n) is 9.20. The molecule has 1 heterocycles. The number of esters is 1. The van der Waals surface area contributed by atoms with Crippen molar-refractivity contribution in [2.75, 3.05) is 23.3 Å². The second-order valence-corrected chi connectivity index (χ2v) is 9.20. The molecule has 168 valence electrons. The van der Waals surface area contributed by atoms with Crippen molar-refractivity contribution in [2.24, 2.45) is 17.8 Å². The highest BCUT2D eigenvalue weighted by Gasteiger charge is 2.32. The van der Waals surface area contributed by atoms with Crippen LogP contribution in [0.2, 0.25) is 0 Å². The summed E-state index contributed by atoms with van der Waals surface area (Å²) in [6.07, 6.45) is 1.77. The third-order valence-corrected chi connectivity index (χ3v) is 4.91. The molecule has 2 aromatic rings. The Hall–Kier alpha value is -2.83. The van der Waals surface area contributed by atoms with Crippen molar-refractivity contribution in [3.63, 3.8) is 0 Å². The SMILES string of the molecule is Cc1cc(CC(=O)Nc2c(OC(=O)C3CC3)cccc2N(CC(C)C)CC(C)C)on1. The first kappa shape index (κ1) is 22.8. The molecule has 7 heteroatoms. The van der Waals surface area contributed by atoms with E-state index in [0.717, 1.165) is 37.3 Å². The molecule has 7 nitrogen and oxygen atoms in total. The number of hydrogen-bond acceptors (Lipinski definition) is 6. The third kappa shape index (κ3) is 6.57. The molecule has 1 fully saturated rings. The molecule has 1 aromatic heterocycles. The van der Waals surface area contributed by atoms with Crippen molar-refractivity contribution >= 4 is 23.3 Å². The summed E-state index contributed by atoms with van der Waals surface area (Å²) in [4.78, 5) is 27.5. The van der Waals surface area contributed by atoms with E-state index >= 15 is 0 Å². The summed E-state index contributed by atoms with van der Waals surface area (Å²) >= 11 is 0. The number of para-hydroxylation sites is 1. The Balaban J connectivity index is 1.91. The monoisotopic (exact) mass is 427 g/mol. The lowest BCUT2D eigenvalue weighted by molar-refractivity contribution is -0.135. The number of amides is 1. The van der Waals surface area contributed by atoms with Crippen molar-refractivity contribution in [2.45, 2.75) is 53.9 Å². The summed E-state index contributed by atoms with van der Waals surface area (Å²) in [6, 6.07) is 7.31. The average Bonchev–Trinajstić information content (AvgIpc) is 3.45. The highest BCUT2D eigenvalue weighted by atomic mass is 16.5. The molecule has 31 heavy (non-hydrogen) atoms. The zero-order valence-electron chi connectivity index (χ0n) is 19.1. The topological polar surface area (TPSA) is 84.7 Å².